The van der Waals surface area contributed by atoms with Crippen LogP contribution in [0.5, 0.6) is 0 Å². The summed E-state index contributed by atoms with van der Waals surface area (Å²) in [5, 5.41) is 4.79. The minimum Gasteiger partial charge on any atom is -0.382 e. The second-order valence-electron chi connectivity index (χ2n) is 4.56. The van der Waals surface area contributed by atoms with Crippen molar-refractivity contribution in [2.75, 3.05) is 5.32 Å². The largest absolute Gasteiger partial charge is 0.382 e. The number of fused-ring (bicyclic) bond motifs is 1. The fourth-order valence-electron chi connectivity index (χ4n) is 2.07. The number of hydrogen-bond acceptors (Lipinski definition) is 2. The lowest BCUT2D eigenvalue weighted by Crippen LogP contribution is -2.15. The Balaban J connectivity index is 2.18. The van der Waals surface area contributed by atoms with Gasteiger partial charge in [0.1, 0.15) is 0 Å². The molecule has 1 atom stereocenters. The molecule has 0 aliphatic carbocycles. The van der Waals surface area contributed by atoms with Crippen molar-refractivity contribution in [2.24, 2.45) is 0 Å². The van der Waals surface area contributed by atoms with Crippen LogP contribution in [0.25, 0.3) is 10.9 Å². The minimum absolute atomic E-state index is 0.515. The third kappa shape index (κ3) is 2.96. The highest BCUT2D eigenvalue weighted by Crippen LogP contribution is 2.22. The average Bonchev–Trinajstić information content (AvgIpc) is 2.37. The molecule has 2 heteroatoms. The molecule has 1 unspecified atom stereocenters. The van der Waals surface area contributed by atoms with Gasteiger partial charge in [0.05, 0.1) is 5.52 Å². The molecular weight excluding hydrogens is 208 g/mol. The summed E-state index contributed by atoms with van der Waals surface area (Å²) in [4.78, 5) is 4.37. The third-order valence-corrected chi connectivity index (χ3v) is 3.04. The minimum atomic E-state index is 0.515. The molecule has 0 aliphatic rings. The fourth-order valence-corrected chi connectivity index (χ4v) is 2.07. The molecule has 0 saturated carbocycles. The van der Waals surface area contributed by atoms with Crippen LogP contribution in [0.2, 0.25) is 0 Å². The summed E-state index contributed by atoms with van der Waals surface area (Å²) in [5.74, 6) is 0. The highest BCUT2D eigenvalue weighted by molar-refractivity contribution is 5.90. The molecule has 2 rings (SSSR count). The van der Waals surface area contributed by atoms with E-state index in [1.165, 1.54) is 30.3 Å². The molecule has 0 amide bonds. The third-order valence-electron chi connectivity index (χ3n) is 3.04. The van der Waals surface area contributed by atoms with Crippen molar-refractivity contribution in [2.45, 2.75) is 39.2 Å². The van der Waals surface area contributed by atoms with Gasteiger partial charge in [0, 0.05) is 23.3 Å². The quantitative estimate of drug-likeness (QED) is 0.828. The topological polar surface area (TPSA) is 24.9 Å². The van der Waals surface area contributed by atoms with Gasteiger partial charge in [-0.15, -0.1) is 0 Å². The summed E-state index contributed by atoms with van der Waals surface area (Å²) in [6.07, 6.45) is 5.62. The number of unbranched alkanes of at least 4 members (excludes halogenated alkanes) is 1. The highest BCUT2D eigenvalue weighted by atomic mass is 14.9. The van der Waals surface area contributed by atoms with Crippen LogP contribution >= 0.6 is 0 Å². The van der Waals surface area contributed by atoms with E-state index in [-0.39, 0.29) is 0 Å². The summed E-state index contributed by atoms with van der Waals surface area (Å²) in [6.45, 7) is 4.47. The van der Waals surface area contributed by atoms with Crippen LogP contribution in [0.15, 0.2) is 36.5 Å². The first-order valence-corrected chi connectivity index (χ1v) is 6.41. The second kappa shape index (κ2) is 5.67. The maximum atomic E-state index is 4.37. The Labute approximate surface area is 103 Å². The molecule has 2 nitrogen and oxygen atoms in total. The van der Waals surface area contributed by atoms with E-state index in [2.05, 4.69) is 48.4 Å². The van der Waals surface area contributed by atoms with Gasteiger partial charge in [-0.25, -0.2) is 0 Å². The van der Waals surface area contributed by atoms with Gasteiger partial charge in [0.25, 0.3) is 0 Å². The first-order chi connectivity index (χ1) is 8.31. The Morgan fingerprint density at radius 2 is 2.06 bits per heavy atom. The second-order valence-corrected chi connectivity index (χ2v) is 4.56. The molecule has 1 aromatic carbocycles. The van der Waals surface area contributed by atoms with E-state index in [1.54, 1.807) is 0 Å². The van der Waals surface area contributed by atoms with E-state index in [9.17, 15) is 0 Å². The smallest absolute Gasteiger partial charge is 0.0722 e. The molecule has 0 bridgehead atoms. The molecule has 1 aromatic heterocycles. The Morgan fingerprint density at radius 3 is 2.88 bits per heavy atom. The molecule has 0 radical (unpaired) electrons. The van der Waals surface area contributed by atoms with Crippen LogP contribution < -0.4 is 5.32 Å². The van der Waals surface area contributed by atoms with E-state index in [0.29, 0.717) is 6.04 Å². The van der Waals surface area contributed by atoms with Gasteiger partial charge < -0.3 is 5.32 Å². The number of pyridine rings is 1. The standard InChI is InChI=1S/C15H20N2/c1-3-4-7-12(2)17-15-10-11-16-14-9-6-5-8-13(14)15/h5-6,8-12H,3-4,7H2,1-2H3,(H,16,17). The molecule has 1 N–H and O–H groups in total. The van der Waals surface area contributed by atoms with Crippen LogP contribution in [0.1, 0.15) is 33.1 Å². The van der Waals surface area contributed by atoms with Crippen LogP contribution in [-0.2, 0) is 0 Å². The van der Waals surface area contributed by atoms with Gasteiger partial charge in [-0.2, -0.15) is 0 Å². The number of aromatic nitrogens is 1. The maximum Gasteiger partial charge on any atom is 0.0722 e. The highest BCUT2D eigenvalue weighted by Gasteiger charge is 2.04. The van der Waals surface area contributed by atoms with Crippen molar-refractivity contribution in [3.8, 4) is 0 Å². The number of hydrogen-bond donors (Lipinski definition) is 1. The first kappa shape index (κ1) is 11.9. The molecule has 17 heavy (non-hydrogen) atoms. The van der Waals surface area contributed by atoms with E-state index in [4.69, 9.17) is 0 Å². The van der Waals surface area contributed by atoms with Gasteiger partial charge in [0.15, 0.2) is 0 Å². The molecule has 0 aliphatic heterocycles. The zero-order valence-corrected chi connectivity index (χ0v) is 10.6. The fraction of sp³-hybridized carbons (Fsp3) is 0.400. The van der Waals surface area contributed by atoms with Gasteiger partial charge >= 0.3 is 0 Å². The lowest BCUT2D eigenvalue weighted by atomic mass is 10.1. The molecule has 0 saturated heterocycles. The van der Waals surface area contributed by atoms with E-state index in [0.717, 1.165) is 5.52 Å². The Hall–Kier alpha value is -1.57. The number of para-hydroxylation sites is 1. The van der Waals surface area contributed by atoms with Crippen molar-refractivity contribution < 1.29 is 0 Å². The number of benzene rings is 1. The van der Waals surface area contributed by atoms with Gasteiger partial charge in [0.2, 0.25) is 0 Å². The molecule has 0 spiro atoms. The van der Waals surface area contributed by atoms with Crippen LogP contribution in [0.4, 0.5) is 5.69 Å². The molecule has 0 fully saturated rings. The van der Waals surface area contributed by atoms with Gasteiger partial charge in [-0.05, 0) is 25.5 Å². The summed E-state index contributed by atoms with van der Waals surface area (Å²) >= 11 is 0. The van der Waals surface area contributed by atoms with Crippen molar-refractivity contribution in [1.29, 1.82) is 0 Å². The predicted molar refractivity (Wildman–Crippen MR) is 74.4 cm³/mol. The van der Waals surface area contributed by atoms with E-state index in [1.807, 2.05) is 12.3 Å². The van der Waals surface area contributed by atoms with E-state index < -0.39 is 0 Å². The SMILES string of the molecule is CCCCC(C)Nc1ccnc2ccccc12. The van der Waals surface area contributed by atoms with Gasteiger partial charge in [-0.3, -0.25) is 4.98 Å². The monoisotopic (exact) mass is 228 g/mol. The zero-order valence-electron chi connectivity index (χ0n) is 10.6. The Bertz CT molecular complexity index is 474. The Kier molecular flexibility index (Phi) is 3.97. The van der Waals surface area contributed by atoms with Crippen molar-refractivity contribution in [3.05, 3.63) is 36.5 Å². The van der Waals surface area contributed by atoms with Crippen LogP contribution in [0, 0.1) is 0 Å². The maximum absolute atomic E-state index is 4.37. The molecular formula is C15H20N2. The van der Waals surface area contributed by atoms with Crippen LogP contribution in [-0.4, -0.2) is 11.0 Å². The lowest BCUT2D eigenvalue weighted by Gasteiger charge is -2.16. The number of rotatable bonds is 5. The molecule has 1 heterocycles. The van der Waals surface area contributed by atoms with Crippen molar-refractivity contribution in [3.63, 3.8) is 0 Å². The number of anilines is 1. The molecule has 90 valence electrons. The van der Waals surface area contributed by atoms with Crippen molar-refractivity contribution in [1.82, 2.24) is 4.98 Å². The lowest BCUT2D eigenvalue weighted by molar-refractivity contribution is 0.645. The van der Waals surface area contributed by atoms with Crippen LogP contribution in [0.3, 0.4) is 0 Å². The number of nitrogens with zero attached hydrogens (tertiary/aromatic N) is 1. The summed E-state index contributed by atoms with van der Waals surface area (Å²) < 4.78 is 0. The zero-order chi connectivity index (χ0) is 12.1. The van der Waals surface area contributed by atoms with E-state index >= 15 is 0 Å². The van der Waals surface area contributed by atoms with Crippen molar-refractivity contribution >= 4 is 16.6 Å². The normalized spacial score (nSPS) is 12.6. The average molecular weight is 228 g/mol. The number of nitrogens with one attached hydrogen (secondary N) is 1. The summed E-state index contributed by atoms with van der Waals surface area (Å²) in [6, 6.07) is 10.8. The predicted octanol–water partition coefficient (Wildman–Crippen LogP) is 4.23. The molecule has 2 aromatic rings. The Morgan fingerprint density at radius 1 is 1.24 bits per heavy atom. The summed E-state index contributed by atoms with van der Waals surface area (Å²) in [7, 11) is 0. The van der Waals surface area contributed by atoms with Gasteiger partial charge in [-0.1, -0.05) is 38.0 Å². The first-order valence-electron chi connectivity index (χ1n) is 6.41. The summed E-state index contributed by atoms with van der Waals surface area (Å²) in [5.41, 5.74) is 2.25.